The van der Waals surface area contributed by atoms with E-state index in [1.807, 2.05) is 0 Å². The zero-order valence-corrected chi connectivity index (χ0v) is 17.1. The van der Waals surface area contributed by atoms with Crippen molar-refractivity contribution in [3.05, 3.63) is 6.92 Å². The Hall–Kier alpha value is -0.0400. The summed E-state index contributed by atoms with van der Waals surface area (Å²) in [6.07, 6.45) is 18.2. The second-order valence-electron chi connectivity index (χ2n) is 8.55. The van der Waals surface area contributed by atoms with Gasteiger partial charge in [-0.2, -0.15) is 0 Å². The second kappa shape index (κ2) is 14.2. The summed E-state index contributed by atoms with van der Waals surface area (Å²) < 4.78 is 0. The SMILES string of the molecule is [CH2]C(C1CCNCC1)C(CCCCCC)CC(C)CCCCCC. The monoisotopic (exact) mass is 336 g/mol. The van der Waals surface area contributed by atoms with Crippen molar-refractivity contribution in [1.29, 1.82) is 0 Å². The molecule has 1 heteroatoms. The highest BCUT2D eigenvalue weighted by Gasteiger charge is 2.27. The lowest BCUT2D eigenvalue weighted by molar-refractivity contribution is 0.184. The maximum absolute atomic E-state index is 4.70. The maximum atomic E-state index is 4.70. The van der Waals surface area contributed by atoms with E-state index in [9.17, 15) is 0 Å². The first kappa shape index (κ1) is 22.0. The van der Waals surface area contributed by atoms with Gasteiger partial charge in [0.05, 0.1) is 0 Å². The third-order valence-electron chi connectivity index (χ3n) is 6.28. The van der Waals surface area contributed by atoms with Gasteiger partial charge in [-0.05, 0) is 62.9 Å². The van der Waals surface area contributed by atoms with Crippen molar-refractivity contribution >= 4 is 0 Å². The molecule has 1 saturated heterocycles. The van der Waals surface area contributed by atoms with Crippen molar-refractivity contribution in [1.82, 2.24) is 5.32 Å². The molecule has 143 valence electrons. The van der Waals surface area contributed by atoms with Gasteiger partial charge in [0.2, 0.25) is 0 Å². The molecular weight excluding hydrogens is 290 g/mol. The molecule has 0 aliphatic carbocycles. The van der Waals surface area contributed by atoms with Crippen molar-refractivity contribution in [2.75, 3.05) is 13.1 Å². The molecule has 1 N–H and O–H groups in total. The molecule has 1 heterocycles. The quantitative estimate of drug-likeness (QED) is 0.336. The lowest BCUT2D eigenvalue weighted by Gasteiger charge is -2.35. The molecule has 0 saturated carbocycles. The van der Waals surface area contributed by atoms with E-state index < -0.39 is 0 Å². The van der Waals surface area contributed by atoms with E-state index in [0.717, 1.165) is 17.8 Å². The zero-order valence-electron chi connectivity index (χ0n) is 17.1. The first-order valence-corrected chi connectivity index (χ1v) is 11.2. The summed E-state index contributed by atoms with van der Waals surface area (Å²) >= 11 is 0. The minimum atomic E-state index is 0.687. The molecule has 3 atom stereocenters. The Morgan fingerprint density at radius 2 is 1.46 bits per heavy atom. The molecule has 1 radical (unpaired) electrons. The highest BCUT2D eigenvalue weighted by Crippen LogP contribution is 2.35. The summed E-state index contributed by atoms with van der Waals surface area (Å²) in [5.41, 5.74) is 0. The molecule has 24 heavy (non-hydrogen) atoms. The van der Waals surface area contributed by atoms with E-state index in [1.165, 1.54) is 96.6 Å². The van der Waals surface area contributed by atoms with Crippen LogP contribution in [0, 0.1) is 30.6 Å². The van der Waals surface area contributed by atoms with Gasteiger partial charge in [0.15, 0.2) is 0 Å². The van der Waals surface area contributed by atoms with E-state index >= 15 is 0 Å². The fraction of sp³-hybridized carbons (Fsp3) is 0.957. The van der Waals surface area contributed by atoms with Crippen molar-refractivity contribution in [2.24, 2.45) is 23.7 Å². The summed E-state index contributed by atoms with van der Waals surface area (Å²) in [6.45, 7) is 14.2. The second-order valence-corrected chi connectivity index (χ2v) is 8.55. The van der Waals surface area contributed by atoms with Crippen LogP contribution in [0.5, 0.6) is 0 Å². The van der Waals surface area contributed by atoms with Crippen LogP contribution in [0.4, 0.5) is 0 Å². The number of piperidine rings is 1. The van der Waals surface area contributed by atoms with E-state index in [1.54, 1.807) is 0 Å². The molecule has 1 rings (SSSR count). The van der Waals surface area contributed by atoms with Gasteiger partial charge in [-0.25, -0.2) is 0 Å². The first-order chi connectivity index (χ1) is 11.7. The average molecular weight is 337 g/mol. The van der Waals surface area contributed by atoms with Gasteiger partial charge in [-0.1, -0.05) is 85.0 Å². The summed E-state index contributed by atoms with van der Waals surface area (Å²) in [5.74, 6) is 3.32. The lowest BCUT2D eigenvalue weighted by atomic mass is 9.72. The van der Waals surface area contributed by atoms with Gasteiger partial charge in [-0.3, -0.25) is 0 Å². The Bertz CT molecular complexity index is 269. The topological polar surface area (TPSA) is 12.0 Å². The molecule has 1 aliphatic heterocycles. The summed E-state index contributed by atoms with van der Waals surface area (Å²) in [4.78, 5) is 0. The number of rotatable bonds is 14. The molecule has 0 bridgehead atoms. The van der Waals surface area contributed by atoms with Crippen LogP contribution < -0.4 is 5.32 Å². The Kier molecular flexibility index (Phi) is 13.0. The summed E-state index contributed by atoms with van der Waals surface area (Å²) in [7, 11) is 0. The smallest absolute Gasteiger partial charge is 0.00462 e. The minimum Gasteiger partial charge on any atom is -0.317 e. The van der Waals surface area contributed by atoms with Gasteiger partial charge >= 0.3 is 0 Å². The molecule has 0 aromatic rings. The fourth-order valence-electron chi connectivity index (χ4n) is 4.55. The number of hydrogen-bond donors (Lipinski definition) is 1. The molecule has 3 unspecified atom stereocenters. The average Bonchev–Trinajstić information content (AvgIpc) is 2.61. The van der Waals surface area contributed by atoms with Crippen LogP contribution in [-0.4, -0.2) is 13.1 Å². The van der Waals surface area contributed by atoms with Crippen LogP contribution in [-0.2, 0) is 0 Å². The van der Waals surface area contributed by atoms with Crippen molar-refractivity contribution < 1.29 is 0 Å². The number of nitrogens with one attached hydrogen (secondary N) is 1. The van der Waals surface area contributed by atoms with Gasteiger partial charge in [0, 0.05) is 0 Å². The van der Waals surface area contributed by atoms with Crippen molar-refractivity contribution in [3.63, 3.8) is 0 Å². The summed E-state index contributed by atoms with van der Waals surface area (Å²) in [6, 6.07) is 0. The molecule has 0 amide bonds. The molecule has 1 nitrogen and oxygen atoms in total. The Morgan fingerprint density at radius 3 is 2.04 bits per heavy atom. The van der Waals surface area contributed by atoms with E-state index in [-0.39, 0.29) is 0 Å². The Balaban J connectivity index is 2.42. The number of unbranched alkanes of at least 4 members (excludes halogenated alkanes) is 6. The molecule has 1 aliphatic rings. The van der Waals surface area contributed by atoms with E-state index in [2.05, 4.69) is 26.1 Å². The largest absolute Gasteiger partial charge is 0.317 e. The molecule has 0 spiro atoms. The maximum Gasteiger partial charge on any atom is -0.00462 e. The molecule has 1 fully saturated rings. The van der Waals surface area contributed by atoms with Crippen molar-refractivity contribution in [3.8, 4) is 0 Å². The van der Waals surface area contributed by atoms with Gasteiger partial charge in [-0.15, -0.1) is 0 Å². The van der Waals surface area contributed by atoms with Crippen molar-refractivity contribution in [2.45, 2.75) is 104 Å². The number of hydrogen-bond acceptors (Lipinski definition) is 1. The van der Waals surface area contributed by atoms with Gasteiger partial charge < -0.3 is 5.32 Å². The van der Waals surface area contributed by atoms with E-state index in [0.29, 0.717) is 5.92 Å². The Morgan fingerprint density at radius 1 is 0.875 bits per heavy atom. The van der Waals surface area contributed by atoms with Gasteiger partial charge in [0.25, 0.3) is 0 Å². The fourth-order valence-corrected chi connectivity index (χ4v) is 4.55. The predicted molar refractivity (Wildman–Crippen MR) is 109 cm³/mol. The highest BCUT2D eigenvalue weighted by molar-refractivity contribution is 4.83. The predicted octanol–water partition coefficient (Wildman–Crippen LogP) is 7.02. The highest BCUT2D eigenvalue weighted by atomic mass is 14.9. The molecule has 0 aromatic carbocycles. The standard InChI is InChI=1S/C23H46N/c1-5-7-9-11-13-20(3)19-23(14-12-10-8-6-2)21(4)22-15-17-24-18-16-22/h20-24H,4-19H2,1-3H3. The van der Waals surface area contributed by atoms with Crippen LogP contribution >= 0.6 is 0 Å². The lowest BCUT2D eigenvalue weighted by Crippen LogP contribution is -2.34. The van der Waals surface area contributed by atoms with Crippen LogP contribution in [0.2, 0.25) is 0 Å². The van der Waals surface area contributed by atoms with Crippen LogP contribution in [0.3, 0.4) is 0 Å². The first-order valence-electron chi connectivity index (χ1n) is 11.2. The summed E-state index contributed by atoms with van der Waals surface area (Å²) in [5, 5.41) is 3.52. The molecule has 0 aromatic heterocycles. The minimum absolute atomic E-state index is 0.687. The molecular formula is C23H46N. The van der Waals surface area contributed by atoms with E-state index in [4.69, 9.17) is 6.92 Å². The van der Waals surface area contributed by atoms with Crippen LogP contribution in [0.15, 0.2) is 0 Å². The third-order valence-corrected chi connectivity index (χ3v) is 6.28. The van der Waals surface area contributed by atoms with Crippen LogP contribution in [0.1, 0.15) is 104 Å². The normalized spacial score (nSPS) is 20.0. The third kappa shape index (κ3) is 9.44. The van der Waals surface area contributed by atoms with Gasteiger partial charge in [0.1, 0.15) is 0 Å². The van der Waals surface area contributed by atoms with Crippen LogP contribution in [0.25, 0.3) is 0 Å². The zero-order chi connectivity index (χ0) is 17.6. The Labute approximate surface area is 153 Å².